The largest absolute Gasteiger partial charge is 0.421 e. The molecular weight excluding hydrogens is 411 g/mol. The molecule has 1 heterocycles. The van der Waals surface area contributed by atoms with Gasteiger partial charge in [-0.05, 0) is 36.1 Å². The Balaban J connectivity index is 1.88. The summed E-state index contributed by atoms with van der Waals surface area (Å²) in [5, 5.41) is 16.3. The lowest BCUT2D eigenvalue weighted by molar-refractivity contribution is -0.384. The number of hydrogen-bond donors (Lipinski definition) is 2. The second-order valence-electron chi connectivity index (χ2n) is 7.31. The van der Waals surface area contributed by atoms with Crippen LogP contribution in [0.25, 0.3) is 0 Å². The fourth-order valence-corrected chi connectivity index (χ4v) is 2.90. The summed E-state index contributed by atoms with van der Waals surface area (Å²) < 4.78 is 40.3. The highest BCUT2D eigenvalue weighted by atomic mass is 19.4. The van der Waals surface area contributed by atoms with Crippen LogP contribution < -0.4 is 10.6 Å². The summed E-state index contributed by atoms with van der Waals surface area (Å²) >= 11 is 0. The van der Waals surface area contributed by atoms with Crippen LogP contribution in [0.15, 0.2) is 54.7 Å². The van der Waals surface area contributed by atoms with Gasteiger partial charge in [0, 0.05) is 29.7 Å². The molecular formula is C21H20F3N5O2. The van der Waals surface area contributed by atoms with Gasteiger partial charge in [-0.3, -0.25) is 10.1 Å². The zero-order valence-electron chi connectivity index (χ0n) is 16.8. The molecule has 0 unspecified atom stereocenters. The molecule has 0 fully saturated rings. The van der Waals surface area contributed by atoms with E-state index >= 15 is 0 Å². The van der Waals surface area contributed by atoms with Crippen molar-refractivity contribution in [3.05, 3.63) is 76.0 Å². The molecule has 0 bridgehead atoms. The molecule has 0 saturated carbocycles. The molecule has 2 aromatic carbocycles. The van der Waals surface area contributed by atoms with Gasteiger partial charge in [0.25, 0.3) is 5.69 Å². The fourth-order valence-electron chi connectivity index (χ4n) is 2.90. The summed E-state index contributed by atoms with van der Waals surface area (Å²) in [4.78, 5) is 18.0. The fraction of sp³-hybridized carbons (Fsp3) is 0.238. The molecule has 0 aliphatic rings. The Morgan fingerprint density at radius 3 is 2.39 bits per heavy atom. The normalized spacial score (nSPS) is 11.4. The Hall–Kier alpha value is -3.69. The summed E-state index contributed by atoms with van der Waals surface area (Å²) in [6, 6.07) is 12.6. The molecule has 1 aromatic heterocycles. The van der Waals surface area contributed by atoms with Gasteiger partial charge in [0.05, 0.1) is 4.92 Å². The number of halogens is 3. The van der Waals surface area contributed by atoms with Crippen LogP contribution in [0.3, 0.4) is 0 Å². The van der Waals surface area contributed by atoms with Crippen molar-refractivity contribution in [1.82, 2.24) is 9.97 Å². The molecule has 7 nitrogen and oxygen atoms in total. The van der Waals surface area contributed by atoms with E-state index in [0.29, 0.717) is 17.8 Å². The van der Waals surface area contributed by atoms with Gasteiger partial charge < -0.3 is 10.6 Å². The van der Waals surface area contributed by atoms with E-state index in [1.54, 1.807) is 12.1 Å². The van der Waals surface area contributed by atoms with Crippen molar-refractivity contribution in [3.63, 3.8) is 0 Å². The quantitative estimate of drug-likeness (QED) is 0.347. The molecule has 10 heteroatoms. The molecule has 0 amide bonds. The number of alkyl halides is 3. The van der Waals surface area contributed by atoms with Crippen LogP contribution in [0.1, 0.15) is 25.0 Å². The average molecular weight is 431 g/mol. The Morgan fingerprint density at radius 2 is 1.77 bits per heavy atom. The Kier molecular flexibility index (Phi) is 6.38. The van der Waals surface area contributed by atoms with Gasteiger partial charge in [0.1, 0.15) is 11.4 Å². The third kappa shape index (κ3) is 5.91. The summed E-state index contributed by atoms with van der Waals surface area (Å²) in [7, 11) is 0. The van der Waals surface area contributed by atoms with E-state index in [1.165, 1.54) is 18.2 Å². The van der Waals surface area contributed by atoms with Crippen molar-refractivity contribution in [2.75, 3.05) is 10.6 Å². The number of non-ortho nitro benzene ring substituents is 1. The van der Waals surface area contributed by atoms with Crippen molar-refractivity contribution >= 4 is 28.8 Å². The molecule has 3 aromatic rings. The number of rotatable bonds is 7. The molecule has 0 radical (unpaired) electrons. The van der Waals surface area contributed by atoms with Gasteiger partial charge in [-0.15, -0.1) is 0 Å². The second-order valence-corrected chi connectivity index (χ2v) is 7.31. The standard InChI is InChI=1S/C21H20F3N5O2/c1-13(2)10-14-6-8-15(9-7-14)27-20-25-12-18(21(22,23)24)19(28-20)26-16-4-3-5-17(11-16)29(30)31/h3-9,11-13H,10H2,1-2H3,(H2,25,26,27,28). The van der Waals surface area contributed by atoms with Crippen LogP contribution >= 0.6 is 0 Å². The first-order valence-electron chi connectivity index (χ1n) is 9.43. The third-order valence-corrected chi connectivity index (χ3v) is 4.27. The highest BCUT2D eigenvalue weighted by Gasteiger charge is 2.35. The SMILES string of the molecule is CC(C)Cc1ccc(Nc2ncc(C(F)(F)F)c(Nc3cccc([N+](=O)[O-])c3)n2)cc1. The van der Waals surface area contributed by atoms with Gasteiger partial charge in [0.2, 0.25) is 5.95 Å². The predicted molar refractivity (Wildman–Crippen MR) is 112 cm³/mol. The molecule has 162 valence electrons. The molecule has 0 saturated heterocycles. The van der Waals surface area contributed by atoms with E-state index < -0.39 is 22.5 Å². The summed E-state index contributed by atoms with van der Waals surface area (Å²) in [5.74, 6) is -0.0565. The first-order valence-corrected chi connectivity index (χ1v) is 9.43. The third-order valence-electron chi connectivity index (χ3n) is 4.27. The van der Waals surface area contributed by atoms with Crippen LogP contribution in [0, 0.1) is 16.0 Å². The highest BCUT2D eigenvalue weighted by molar-refractivity contribution is 5.64. The predicted octanol–water partition coefficient (Wildman–Crippen LogP) is 6.09. The number of nitro groups is 1. The zero-order chi connectivity index (χ0) is 22.6. The first-order chi connectivity index (χ1) is 14.6. The van der Waals surface area contributed by atoms with Gasteiger partial charge >= 0.3 is 6.18 Å². The van der Waals surface area contributed by atoms with E-state index in [9.17, 15) is 23.3 Å². The van der Waals surface area contributed by atoms with Crippen LogP contribution in [0.4, 0.5) is 42.0 Å². The van der Waals surface area contributed by atoms with Crippen molar-refractivity contribution in [3.8, 4) is 0 Å². The Labute approximate surface area is 176 Å². The summed E-state index contributed by atoms with van der Waals surface area (Å²) in [5.41, 5.74) is 0.516. The van der Waals surface area contributed by atoms with Gasteiger partial charge in [-0.25, -0.2) is 4.98 Å². The summed E-state index contributed by atoms with van der Waals surface area (Å²) in [6.45, 7) is 4.22. The van der Waals surface area contributed by atoms with Crippen molar-refractivity contribution < 1.29 is 18.1 Å². The Morgan fingerprint density at radius 1 is 1.06 bits per heavy atom. The highest BCUT2D eigenvalue weighted by Crippen LogP contribution is 2.35. The number of nitro benzene ring substituents is 1. The average Bonchev–Trinajstić information content (AvgIpc) is 2.68. The van der Waals surface area contributed by atoms with E-state index in [-0.39, 0.29) is 17.3 Å². The number of benzene rings is 2. The minimum atomic E-state index is -4.71. The van der Waals surface area contributed by atoms with Crippen LogP contribution in [0.2, 0.25) is 0 Å². The van der Waals surface area contributed by atoms with E-state index in [0.717, 1.165) is 18.1 Å². The minimum absolute atomic E-state index is 0.0439. The lowest BCUT2D eigenvalue weighted by Gasteiger charge is -2.15. The van der Waals surface area contributed by atoms with Gasteiger partial charge in [-0.2, -0.15) is 18.2 Å². The molecule has 2 N–H and O–H groups in total. The van der Waals surface area contributed by atoms with Crippen molar-refractivity contribution in [1.29, 1.82) is 0 Å². The maximum atomic E-state index is 13.4. The molecule has 3 rings (SSSR count). The van der Waals surface area contributed by atoms with E-state index in [4.69, 9.17) is 0 Å². The lowest BCUT2D eigenvalue weighted by Crippen LogP contribution is -2.12. The second kappa shape index (κ2) is 8.99. The number of aromatic nitrogens is 2. The van der Waals surface area contributed by atoms with Crippen molar-refractivity contribution in [2.24, 2.45) is 5.92 Å². The summed E-state index contributed by atoms with van der Waals surface area (Å²) in [6.07, 6.45) is -3.13. The Bertz CT molecular complexity index is 1070. The maximum absolute atomic E-state index is 13.4. The molecule has 0 spiro atoms. The van der Waals surface area contributed by atoms with Crippen LogP contribution in [0.5, 0.6) is 0 Å². The van der Waals surface area contributed by atoms with Crippen LogP contribution in [-0.2, 0) is 12.6 Å². The van der Waals surface area contributed by atoms with E-state index in [1.807, 2.05) is 12.1 Å². The first kappa shape index (κ1) is 22.0. The smallest absolute Gasteiger partial charge is 0.339 e. The minimum Gasteiger partial charge on any atom is -0.339 e. The molecule has 0 aliphatic heterocycles. The van der Waals surface area contributed by atoms with Crippen LogP contribution in [-0.4, -0.2) is 14.9 Å². The number of nitrogens with one attached hydrogen (secondary N) is 2. The van der Waals surface area contributed by atoms with Crippen molar-refractivity contribution in [2.45, 2.75) is 26.4 Å². The maximum Gasteiger partial charge on any atom is 0.421 e. The monoisotopic (exact) mass is 431 g/mol. The molecule has 31 heavy (non-hydrogen) atoms. The molecule has 0 aliphatic carbocycles. The number of hydrogen-bond acceptors (Lipinski definition) is 6. The van der Waals surface area contributed by atoms with Gasteiger partial charge in [0.15, 0.2) is 0 Å². The number of nitrogens with zero attached hydrogens (tertiary/aromatic N) is 3. The lowest BCUT2D eigenvalue weighted by atomic mass is 10.0. The zero-order valence-corrected chi connectivity index (χ0v) is 16.8. The topological polar surface area (TPSA) is 93.0 Å². The number of anilines is 4. The molecule has 0 atom stereocenters. The van der Waals surface area contributed by atoms with E-state index in [2.05, 4.69) is 34.4 Å². The van der Waals surface area contributed by atoms with Gasteiger partial charge in [-0.1, -0.05) is 32.0 Å².